The minimum atomic E-state index is -0.229. The van der Waals surface area contributed by atoms with Gasteiger partial charge in [0.15, 0.2) is 5.13 Å². The minimum absolute atomic E-state index is 0.0303. The van der Waals surface area contributed by atoms with Crippen molar-refractivity contribution in [3.8, 4) is 0 Å². The highest BCUT2D eigenvalue weighted by Crippen LogP contribution is 2.22. The summed E-state index contributed by atoms with van der Waals surface area (Å²) in [7, 11) is 0. The zero-order valence-corrected chi connectivity index (χ0v) is 17.7. The average Bonchev–Trinajstić information content (AvgIpc) is 3.14. The Morgan fingerprint density at radius 2 is 1.80 bits per heavy atom. The Kier molecular flexibility index (Phi) is 5.89. The van der Waals surface area contributed by atoms with Crippen molar-refractivity contribution in [3.63, 3.8) is 0 Å². The van der Waals surface area contributed by atoms with Crippen molar-refractivity contribution < 1.29 is 9.18 Å². The van der Waals surface area contributed by atoms with Gasteiger partial charge in [0.25, 0.3) is 0 Å². The molecule has 0 atom stereocenters. The van der Waals surface area contributed by atoms with E-state index in [1.807, 2.05) is 41.2 Å². The zero-order valence-electron chi connectivity index (χ0n) is 16.9. The third kappa shape index (κ3) is 4.73. The fourth-order valence-corrected chi connectivity index (χ4v) is 4.20. The fraction of sp³-hybridized carbons (Fsp3) is 0.333. The molecule has 9 heteroatoms. The maximum atomic E-state index is 14.0. The summed E-state index contributed by atoms with van der Waals surface area (Å²) in [5.74, 6) is 0.305. The standard InChI is InChI=1S/C21H23FN6OS/c1-14-11-15(2)24-20(23-14)26-21-25-16(13-30-21)12-19(29)28-9-7-27(8-10-28)18-6-4-3-5-17(18)22/h3-6,11,13H,7-10,12H2,1-2H3,(H,23,24,25,26). The van der Waals surface area contributed by atoms with Gasteiger partial charge in [-0.15, -0.1) is 11.3 Å². The van der Waals surface area contributed by atoms with Crippen LogP contribution in [0.25, 0.3) is 0 Å². The monoisotopic (exact) mass is 426 g/mol. The van der Waals surface area contributed by atoms with Crippen molar-refractivity contribution in [3.05, 3.63) is 58.6 Å². The predicted molar refractivity (Wildman–Crippen MR) is 116 cm³/mol. The predicted octanol–water partition coefficient (Wildman–Crippen LogP) is 3.32. The Bertz CT molecular complexity index is 1030. The molecule has 156 valence electrons. The van der Waals surface area contributed by atoms with E-state index < -0.39 is 0 Å². The normalized spacial score (nSPS) is 14.1. The van der Waals surface area contributed by atoms with Crippen LogP contribution < -0.4 is 10.2 Å². The number of piperazine rings is 1. The van der Waals surface area contributed by atoms with E-state index in [-0.39, 0.29) is 18.1 Å². The maximum Gasteiger partial charge on any atom is 0.229 e. The van der Waals surface area contributed by atoms with E-state index in [1.54, 1.807) is 12.1 Å². The average molecular weight is 427 g/mol. The van der Waals surface area contributed by atoms with E-state index in [1.165, 1.54) is 17.4 Å². The summed E-state index contributed by atoms with van der Waals surface area (Å²) in [5, 5.41) is 5.64. The Morgan fingerprint density at radius 1 is 1.10 bits per heavy atom. The number of aromatic nitrogens is 3. The second kappa shape index (κ2) is 8.74. The van der Waals surface area contributed by atoms with E-state index in [0.29, 0.717) is 48.6 Å². The van der Waals surface area contributed by atoms with Crippen molar-refractivity contribution in [2.75, 3.05) is 36.4 Å². The van der Waals surface area contributed by atoms with Gasteiger partial charge in [0.2, 0.25) is 11.9 Å². The molecule has 2 aromatic heterocycles. The first-order valence-corrected chi connectivity index (χ1v) is 10.7. The van der Waals surface area contributed by atoms with Gasteiger partial charge in [0.1, 0.15) is 5.82 Å². The first kappa shape index (κ1) is 20.2. The Morgan fingerprint density at radius 3 is 2.50 bits per heavy atom. The summed E-state index contributed by atoms with van der Waals surface area (Å²) in [6.45, 7) is 6.19. The number of nitrogens with zero attached hydrogens (tertiary/aromatic N) is 5. The molecular weight excluding hydrogens is 403 g/mol. The van der Waals surface area contributed by atoms with Crippen LogP contribution in [-0.2, 0) is 11.2 Å². The summed E-state index contributed by atoms with van der Waals surface area (Å²) in [4.78, 5) is 29.7. The zero-order chi connectivity index (χ0) is 21.1. The second-order valence-corrected chi connectivity index (χ2v) is 8.10. The molecule has 30 heavy (non-hydrogen) atoms. The van der Waals surface area contributed by atoms with Gasteiger partial charge in [-0.3, -0.25) is 4.79 Å². The third-order valence-corrected chi connectivity index (χ3v) is 5.72. The lowest BCUT2D eigenvalue weighted by atomic mass is 10.2. The molecule has 3 aromatic rings. The van der Waals surface area contributed by atoms with Gasteiger partial charge in [0.05, 0.1) is 17.8 Å². The summed E-state index contributed by atoms with van der Waals surface area (Å²) >= 11 is 1.42. The number of benzene rings is 1. The molecule has 1 fully saturated rings. The maximum absolute atomic E-state index is 14.0. The van der Waals surface area contributed by atoms with Crippen LogP contribution in [0.1, 0.15) is 17.1 Å². The van der Waals surface area contributed by atoms with Crippen molar-refractivity contribution in [2.45, 2.75) is 20.3 Å². The van der Waals surface area contributed by atoms with Crippen LogP contribution in [0, 0.1) is 19.7 Å². The summed E-state index contributed by atoms with van der Waals surface area (Å²) in [6, 6.07) is 8.65. The molecule has 3 heterocycles. The Hall–Kier alpha value is -3.07. The SMILES string of the molecule is Cc1cc(C)nc(Nc2nc(CC(=O)N3CCN(c4ccccc4F)CC3)cs2)n1. The van der Waals surface area contributed by atoms with E-state index in [2.05, 4.69) is 20.3 Å². The number of halogens is 1. The molecule has 0 aliphatic carbocycles. The number of thiazole rings is 1. The van der Waals surface area contributed by atoms with Gasteiger partial charge in [0, 0.05) is 42.9 Å². The summed E-state index contributed by atoms with van der Waals surface area (Å²) < 4.78 is 14.0. The highest BCUT2D eigenvalue weighted by molar-refractivity contribution is 7.13. The number of rotatable bonds is 5. The molecule has 0 unspecified atom stereocenters. The molecule has 1 aliphatic heterocycles. The first-order valence-electron chi connectivity index (χ1n) is 9.79. The molecule has 0 saturated carbocycles. The summed E-state index contributed by atoms with van der Waals surface area (Å²) in [6.07, 6.45) is 0.242. The van der Waals surface area contributed by atoms with Crippen molar-refractivity contribution >= 4 is 34.0 Å². The molecule has 1 N–H and O–H groups in total. The minimum Gasteiger partial charge on any atom is -0.366 e. The van der Waals surface area contributed by atoms with Crippen LogP contribution in [0.2, 0.25) is 0 Å². The number of para-hydroxylation sites is 1. The molecule has 1 amide bonds. The molecule has 0 spiro atoms. The molecular formula is C21H23FN6OS. The Labute approximate surface area is 178 Å². The van der Waals surface area contributed by atoms with Gasteiger partial charge in [-0.2, -0.15) is 0 Å². The van der Waals surface area contributed by atoms with Crippen LogP contribution in [0.15, 0.2) is 35.7 Å². The third-order valence-electron chi connectivity index (χ3n) is 4.91. The van der Waals surface area contributed by atoms with Crippen LogP contribution in [0.3, 0.4) is 0 Å². The number of carbonyl (C=O) groups is 1. The van der Waals surface area contributed by atoms with Crippen molar-refractivity contribution in [1.29, 1.82) is 0 Å². The molecule has 4 rings (SSSR count). The van der Waals surface area contributed by atoms with E-state index in [4.69, 9.17) is 0 Å². The molecule has 0 radical (unpaired) electrons. The lowest BCUT2D eigenvalue weighted by molar-refractivity contribution is -0.130. The van der Waals surface area contributed by atoms with Gasteiger partial charge in [-0.05, 0) is 32.0 Å². The van der Waals surface area contributed by atoms with Crippen LogP contribution >= 0.6 is 11.3 Å². The van der Waals surface area contributed by atoms with Gasteiger partial charge < -0.3 is 15.1 Å². The van der Waals surface area contributed by atoms with E-state index in [0.717, 1.165) is 11.4 Å². The van der Waals surface area contributed by atoms with Crippen LogP contribution in [0.4, 0.5) is 21.2 Å². The molecule has 1 aromatic carbocycles. The lowest BCUT2D eigenvalue weighted by Crippen LogP contribution is -2.49. The number of carbonyl (C=O) groups excluding carboxylic acids is 1. The smallest absolute Gasteiger partial charge is 0.229 e. The quantitative estimate of drug-likeness (QED) is 0.675. The molecule has 1 saturated heterocycles. The number of aryl methyl sites for hydroxylation is 2. The largest absolute Gasteiger partial charge is 0.366 e. The highest BCUT2D eigenvalue weighted by Gasteiger charge is 2.23. The number of hydrogen-bond acceptors (Lipinski definition) is 7. The number of amides is 1. The van der Waals surface area contributed by atoms with Crippen LogP contribution in [-0.4, -0.2) is 51.9 Å². The number of nitrogens with one attached hydrogen (secondary N) is 1. The number of hydrogen-bond donors (Lipinski definition) is 1. The molecule has 0 bridgehead atoms. The van der Waals surface area contributed by atoms with Gasteiger partial charge in [-0.1, -0.05) is 12.1 Å². The Balaban J connectivity index is 1.32. The molecule has 1 aliphatic rings. The van der Waals surface area contributed by atoms with E-state index >= 15 is 0 Å². The van der Waals surface area contributed by atoms with Gasteiger partial charge >= 0.3 is 0 Å². The van der Waals surface area contributed by atoms with Crippen LogP contribution in [0.5, 0.6) is 0 Å². The van der Waals surface area contributed by atoms with Gasteiger partial charge in [-0.25, -0.2) is 19.3 Å². The molecule has 7 nitrogen and oxygen atoms in total. The van der Waals surface area contributed by atoms with E-state index in [9.17, 15) is 9.18 Å². The first-order chi connectivity index (χ1) is 14.5. The van der Waals surface area contributed by atoms with Crippen molar-refractivity contribution in [1.82, 2.24) is 19.9 Å². The second-order valence-electron chi connectivity index (χ2n) is 7.24. The van der Waals surface area contributed by atoms with Crippen molar-refractivity contribution in [2.24, 2.45) is 0 Å². The lowest BCUT2D eigenvalue weighted by Gasteiger charge is -2.36. The highest BCUT2D eigenvalue weighted by atomic mass is 32.1. The fourth-order valence-electron chi connectivity index (χ4n) is 3.49. The topological polar surface area (TPSA) is 74.2 Å². The number of anilines is 3. The summed E-state index contributed by atoms with van der Waals surface area (Å²) in [5.41, 5.74) is 3.07.